The Hall–Kier alpha value is -0.800. The predicted octanol–water partition coefficient (Wildman–Crippen LogP) is 2.72. The minimum absolute atomic E-state index is 0.260. The highest BCUT2D eigenvalue weighted by Gasteiger charge is 2.27. The van der Waals surface area contributed by atoms with Gasteiger partial charge in [0.05, 0.1) is 6.04 Å². The maximum atomic E-state index is 6.16. The summed E-state index contributed by atoms with van der Waals surface area (Å²) in [6.45, 7) is 0.936. The van der Waals surface area contributed by atoms with E-state index in [9.17, 15) is 0 Å². The first-order chi connectivity index (χ1) is 7.20. The second-order valence-electron chi connectivity index (χ2n) is 3.71. The highest BCUT2D eigenvalue weighted by molar-refractivity contribution is 7.80. The molecular formula is C11H13ClN2S. The van der Waals surface area contributed by atoms with Crippen LogP contribution in [0.25, 0.3) is 0 Å². The number of nitrogens with zero attached hydrogens (tertiary/aromatic N) is 1. The molecule has 0 amide bonds. The number of hydrogen-bond acceptors (Lipinski definition) is 1. The molecule has 0 aromatic heterocycles. The number of benzene rings is 1. The largest absolute Gasteiger partial charge is 0.376 e. The van der Waals surface area contributed by atoms with Gasteiger partial charge in [-0.3, -0.25) is 0 Å². The Bertz CT molecular complexity index is 381. The van der Waals surface area contributed by atoms with Crippen LogP contribution < -0.4 is 5.73 Å². The fourth-order valence-electron chi connectivity index (χ4n) is 2.10. The van der Waals surface area contributed by atoms with E-state index >= 15 is 0 Å². The Kier molecular flexibility index (Phi) is 3.12. The first-order valence-electron chi connectivity index (χ1n) is 5.00. The van der Waals surface area contributed by atoms with Crippen LogP contribution in [0.4, 0.5) is 0 Å². The summed E-state index contributed by atoms with van der Waals surface area (Å²) < 4.78 is 0. The maximum absolute atomic E-state index is 6.16. The normalized spacial score (nSPS) is 20.6. The van der Waals surface area contributed by atoms with E-state index in [0.717, 1.165) is 30.0 Å². The zero-order valence-corrected chi connectivity index (χ0v) is 9.89. The molecule has 1 aromatic carbocycles. The standard InChI is InChI=1S/C11H13ClN2S/c12-9-5-2-1-4-8(9)10-6-3-7-14(10)11(13)15/h1-2,4-5,10H,3,6-7H2,(H2,13,15)/t10-/m0/s1. The minimum atomic E-state index is 0.260. The van der Waals surface area contributed by atoms with Crippen LogP contribution in [0.5, 0.6) is 0 Å². The fourth-order valence-corrected chi connectivity index (χ4v) is 2.58. The quantitative estimate of drug-likeness (QED) is 0.766. The fraction of sp³-hybridized carbons (Fsp3) is 0.364. The lowest BCUT2D eigenvalue weighted by molar-refractivity contribution is 0.403. The monoisotopic (exact) mass is 240 g/mol. The summed E-state index contributed by atoms with van der Waals surface area (Å²) >= 11 is 11.2. The van der Waals surface area contributed by atoms with Gasteiger partial charge in [-0.05, 0) is 36.7 Å². The Morgan fingerprint density at radius 1 is 1.47 bits per heavy atom. The van der Waals surface area contributed by atoms with Crippen molar-refractivity contribution in [1.29, 1.82) is 0 Å². The van der Waals surface area contributed by atoms with Gasteiger partial charge in [-0.1, -0.05) is 29.8 Å². The number of halogens is 1. The average Bonchev–Trinajstić information content (AvgIpc) is 2.67. The van der Waals surface area contributed by atoms with Crippen molar-refractivity contribution in [2.45, 2.75) is 18.9 Å². The summed E-state index contributed by atoms with van der Waals surface area (Å²) in [4.78, 5) is 2.05. The highest BCUT2D eigenvalue weighted by atomic mass is 35.5. The van der Waals surface area contributed by atoms with Gasteiger partial charge in [0.15, 0.2) is 5.11 Å². The topological polar surface area (TPSA) is 29.3 Å². The van der Waals surface area contributed by atoms with E-state index in [4.69, 9.17) is 29.6 Å². The summed E-state index contributed by atoms with van der Waals surface area (Å²) in [6, 6.07) is 8.15. The molecular weight excluding hydrogens is 228 g/mol. The third kappa shape index (κ3) is 2.08. The molecule has 0 saturated carbocycles. The third-order valence-electron chi connectivity index (χ3n) is 2.80. The molecule has 1 saturated heterocycles. The minimum Gasteiger partial charge on any atom is -0.376 e. The van der Waals surface area contributed by atoms with Crippen LogP contribution in [0.2, 0.25) is 5.02 Å². The van der Waals surface area contributed by atoms with Crippen molar-refractivity contribution < 1.29 is 0 Å². The van der Waals surface area contributed by atoms with Gasteiger partial charge >= 0.3 is 0 Å². The van der Waals surface area contributed by atoms with E-state index < -0.39 is 0 Å². The maximum Gasteiger partial charge on any atom is 0.166 e. The van der Waals surface area contributed by atoms with Crippen molar-refractivity contribution >= 4 is 28.9 Å². The van der Waals surface area contributed by atoms with Crippen LogP contribution >= 0.6 is 23.8 Å². The second kappa shape index (κ2) is 4.37. The molecule has 1 atom stereocenters. The van der Waals surface area contributed by atoms with Crippen LogP contribution in [0.15, 0.2) is 24.3 Å². The lowest BCUT2D eigenvalue weighted by Crippen LogP contribution is -2.34. The summed E-state index contributed by atoms with van der Waals surface area (Å²) in [5.41, 5.74) is 6.82. The number of thiocarbonyl (C=S) groups is 1. The molecule has 2 N–H and O–H groups in total. The molecule has 1 aliphatic heterocycles. The van der Waals surface area contributed by atoms with Gasteiger partial charge in [0.25, 0.3) is 0 Å². The first kappa shape index (κ1) is 10.7. The molecule has 80 valence electrons. The van der Waals surface area contributed by atoms with Crippen molar-refractivity contribution in [2.75, 3.05) is 6.54 Å². The van der Waals surface area contributed by atoms with Crippen molar-refractivity contribution in [3.8, 4) is 0 Å². The van der Waals surface area contributed by atoms with Crippen LogP contribution in [-0.4, -0.2) is 16.6 Å². The van der Waals surface area contributed by atoms with Crippen molar-refractivity contribution in [3.05, 3.63) is 34.9 Å². The van der Waals surface area contributed by atoms with Crippen LogP contribution in [-0.2, 0) is 0 Å². The number of nitrogens with two attached hydrogens (primary N) is 1. The molecule has 2 nitrogen and oxygen atoms in total. The predicted molar refractivity (Wildman–Crippen MR) is 66.9 cm³/mol. The second-order valence-corrected chi connectivity index (χ2v) is 4.54. The SMILES string of the molecule is NC(=S)N1CCC[C@H]1c1ccccc1Cl. The van der Waals surface area contributed by atoms with Gasteiger partial charge in [0, 0.05) is 11.6 Å². The molecule has 1 aromatic rings. The van der Waals surface area contributed by atoms with E-state index in [0.29, 0.717) is 5.11 Å². The number of hydrogen-bond donors (Lipinski definition) is 1. The van der Waals surface area contributed by atoms with Gasteiger partial charge in [-0.25, -0.2) is 0 Å². The Morgan fingerprint density at radius 2 is 2.20 bits per heavy atom. The van der Waals surface area contributed by atoms with E-state index in [1.54, 1.807) is 0 Å². The van der Waals surface area contributed by atoms with E-state index in [1.165, 1.54) is 0 Å². The van der Waals surface area contributed by atoms with Crippen LogP contribution in [0, 0.1) is 0 Å². The molecule has 0 bridgehead atoms. The third-order valence-corrected chi connectivity index (χ3v) is 3.38. The van der Waals surface area contributed by atoms with Crippen molar-refractivity contribution in [2.24, 2.45) is 5.73 Å². The average molecular weight is 241 g/mol. The zero-order valence-electron chi connectivity index (χ0n) is 8.32. The lowest BCUT2D eigenvalue weighted by atomic mass is 10.0. The van der Waals surface area contributed by atoms with E-state index in [-0.39, 0.29) is 6.04 Å². The van der Waals surface area contributed by atoms with Gasteiger partial charge in [-0.15, -0.1) is 0 Å². The molecule has 4 heteroatoms. The van der Waals surface area contributed by atoms with Crippen molar-refractivity contribution in [3.63, 3.8) is 0 Å². The molecule has 15 heavy (non-hydrogen) atoms. The molecule has 1 heterocycles. The molecule has 1 fully saturated rings. The molecule has 2 rings (SSSR count). The Balaban J connectivity index is 2.30. The Labute approximate surface area is 100 Å². The number of rotatable bonds is 1. The molecule has 0 unspecified atom stereocenters. The van der Waals surface area contributed by atoms with E-state index in [1.807, 2.05) is 24.3 Å². The summed E-state index contributed by atoms with van der Waals surface area (Å²) in [5, 5.41) is 1.27. The van der Waals surface area contributed by atoms with Gasteiger partial charge in [0.2, 0.25) is 0 Å². The lowest BCUT2D eigenvalue weighted by Gasteiger charge is -2.25. The summed E-state index contributed by atoms with van der Waals surface area (Å²) in [7, 11) is 0. The van der Waals surface area contributed by atoms with Crippen LogP contribution in [0.1, 0.15) is 24.4 Å². The van der Waals surface area contributed by atoms with Gasteiger partial charge < -0.3 is 10.6 Å². The molecule has 1 aliphatic rings. The van der Waals surface area contributed by atoms with Gasteiger partial charge in [0.1, 0.15) is 0 Å². The summed E-state index contributed by atoms with van der Waals surface area (Å²) in [6.07, 6.45) is 2.19. The number of likely N-dealkylation sites (tertiary alicyclic amines) is 1. The summed E-state index contributed by atoms with van der Waals surface area (Å²) in [5.74, 6) is 0. The molecule has 0 aliphatic carbocycles. The smallest absolute Gasteiger partial charge is 0.166 e. The zero-order chi connectivity index (χ0) is 10.8. The van der Waals surface area contributed by atoms with Gasteiger partial charge in [-0.2, -0.15) is 0 Å². The Morgan fingerprint density at radius 3 is 2.87 bits per heavy atom. The van der Waals surface area contributed by atoms with Crippen LogP contribution in [0.3, 0.4) is 0 Å². The molecule has 0 spiro atoms. The first-order valence-corrected chi connectivity index (χ1v) is 5.79. The molecule has 0 radical (unpaired) electrons. The highest BCUT2D eigenvalue weighted by Crippen LogP contribution is 2.35. The van der Waals surface area contributed by atoms with Crippen molar-refractivity contribution in [1.82, 2.24) is 4.90 Å². The van der Waals surface area contributed by atoms with E-state index in [2.05, 4.69) is 4.90 Å².